The number of benzene rings is 1. The van der Waals surface area contributed by atoms with E-state index in [1.165, 1.54) is 11.0 Å². The third kappa shape index (κ3) is 1.21. The molecule has 0 unspecified atom stereocenters. The molecule has 2 amide bonds. The van der Waals surface area contributed by atoms with Crippen molar-refractivity contribution in [3.63, 3.8) is 0 Å². The van der Waals surface area contributed by atoms with E-state index in [2.05, 4.69) is 15.9 Å². The monoisotopic (exact) mass is 302 g/mol. The number of urea groups is 1. The Bertz CT molecular complexity index is 611. The number of nitrogens with zero attached hydrogens (tertiary/aromatic N) is 1. The summed E-state index contributed by atoms with van der Waals surface area (Å²) in [5.74, 6) is 0. The summed E-state index contributed by atoms with van der Waals surface area (Å²) >= 11 is 3.27. The molecule has 0 saturated carbocycles. The van der Waals surface area contributed by atoms with Gasteiger partial charge in [-0.3, -0.25) is 4.90 Å². The van der Waals surface area contributed by atoms with Crippen LogP contribution in [0.2, 0.25) is 0 Å². The Morgan fingerprint density at radius 2 is 2.12 bits per heavy atom. The van der Waals surface area contributed by atoms with Crippen molar-refractivity contribution in [3.8, 4) is 0 Å². The number of carbonyl (C=O) groups is 1. The lowest BCUT2D eigenvalue weighted by Crippen LogP contribution is -2.46. The fourth-order valence-corrected chi connectivity index (χ4v) is 3.99. The molecule has 0 bridgehead atoms. The molecule has 7 heteroatoms. The fraction of sp³-hybridized carbons (Fsp3) is 0.222. The molecular formula is C9H7BrN2O3S. The van der Waals surface area contributed by atoms with Gasteiger partial charge in [0.1, 0.15) is 4.90 Å². The van der Waals surface area contributed by atoms with E-state index in [0.717, 1.165) is 5.56 Å². The normalized spacial score (nSPS) is 20.6. The van der Waals surface area contributed by atoms with E-state index in [4.69, 9.17) is 0 Å². The molecule has 0 saturated heterocycles. The molecule has 2 heterocycles. The average Bonchev–Trinajstić information content (AvgIpc) is 2.57. The number of amides is 2. The largest absolute Gasteiger partial charge is 0.335 e. The Labute approximate surface area is 101 Å². The number of halogens is 1. The summed E-state index contributed by atoms with van der Waals surface area (Å²) in [6.45, 7) is 0.528. The van der Waals surface area contributed by atoms with Gasteiger partial charge in [0.05, 0.1) is 5.69 Å². The van der Waals surface area contributed by atoms with Crippen molar-refractivity contribution >= 4 is 37.7 Å². The van der Waals surface area contributed by atoms with Gasteiger partial charge in [0.15, 0.2) is 0 Å². The third-order valence-corrected chi connectivity index (χ3v) is 4.54. The highest BCUT2D eigenvalue weighted by molar-refractivity contribution is 9.10. The predicted octanol–water partition coefficient (Wildman–Crippen LogP) is 1.22. The van der Waals surface area contributed by atoms with Gasteiger partial charge in [0.2, 0.25) is 0 Å². The summed E-state index contributed by atoms with van der Waals surface area (Å²) < 4.78 is 26.3. The molecule has 16 heavy (non-hydrogen) atoms. The van der Waals surface area contributed by atoms with Crippen LogP contribution in [-0.4, -0.2) is 21.0 Å². The first kappa shape index (κ1) is 10.1. The van der Waals surface area contributed by atoms with Crippen LogP contribution in [0.3, 0.4) is 0 Å². The fourth-order valence-electron chi connectivity index (χ4n) is 2.10. The maximum Gasteiger partial charge on any atom is 0.335 e. The minimum Gasteiger partial charge on any atom is -0.292 e. The standard InChI is InChI=1S/C9H7BrN2O3S/c10-6-3-5-1-2-12-8(5)7(4-6)16(14,15)11-9(12)13/h3-4H,1-2H2,(H,11,13). The van der Waals surface area contributed by atoms with Crippen LogP contribution in [0.4, 0.5) is 10.5 Å². The summed E-state index contributed by atoms with van der Waals surface area (Å²) in [4.78, 5) is 13.2. The first-order chi connectivity index (χ1) is 7.49. The van der Waals surface area contributed by atoms with Crippen molar-refractivity contribution in [1.82, 2.24) is 4.72 Å². The van der Waals surface area contributed by atoms with Crippen LogP contribution in [0.25, 0.3) is 0 Å². The molecule has 1 N–H and O–H groups in total. The molecule has 5 nitrogen and oxygen atoms in total. The molecular weight excluding hydrogens is 296 g/mol. The van der Waals surface area contributed by atoms with Gasteiger partial charge in [-0.2, -0.15) is 0 Å². The van der Waals surface area contributed by atoms with Crippen LogP contribution < -0.4 is 9.62 Å². The number of nitrogens with one attached hydrogen (secondary N) is 1. The van der Waals surface area contributed by atoms with Gasteiger partial charge in [0.25, 0.3) is 10.0 Å². The van der Waals surface area contributed by atoms with Crippen molar-refractivity contribution in [2.24, 2.45) is 0 Å². The Hall–Kier alpha value is -1.08. The summed E-state index contributed by atoms with van der Waals surface area (Å²) in [6.07, 6.45) is 0.685. The van der Waals surface area contributed by atoms with E-state index in [-0.39, 0.29) is 4.90 Å². The number of rotatable bonds is 0. The number of sulfonamides is 1. The van der Waals surface area contributed by atoms with Crippen LogP contribution in [-0.2, 0) is 16.4 Å². The lowest BCUT2D eigenvalue weighted by atomic mass is 10.2. The number of hydrogen-bond acceptors (Lipinski definition) is 3. The van der Waals surface area contributed by atoms with Gasteiger partial charge < -0.3 is 0 Å². The van der Waals surface area contributed by atoms with E-state index in [1.54, 1.807) is 0 Å². The minimum absolute atomic E-state index is 0.175. The van der Waals surface area contributed by atoms with Gasteiger partial charge in [-0.25, -0.2) is 17.9 Å². The van der Waals surface area contributed by atoms with Gasteiger partial charge >= 0.3 is 6.03 Å². The van der Waals surface area contributed by atoms with Gasteiger partial charge in [0, 0.05) is 11.0 Å². The molecule has 0 spiro atoms. The molecule has 1 aromatic carbocycles. The van der Waals surface area contributed by atoms with Crippen molar-refractivity contribution in [3.05, 3.63) is 22.2 Å². The summed E-state index contributed by atoms with van der Waals surface area (Å²) in [5.41, 5.74) is 1.43. The van der Waals surface area contributed by atoms with E-state index in [1.807, 2.05) is 10.8 Å². The van der Waals surface area contributed by atoms with E-state index in [0.29, 0.717) is 23.1 Å². The second kappa shape index (κ2) is 2.98. The highest BCUT2D eigenvalue weighted by atomic mass is 79.9. The predicted molar refractivity (Wildman–Crippen MR) is 60.9 cm³/mol. The zero-order valence-electron chi connectivity index (χ0n) is 8.03. The highest BCUT2D eigenvalue weighted by Crippen LogP contribution is 2.39. The van der Waals surface area contributed by atoms with Crippen LogP contribution in [0.1, 0.15) is 5.56 Å². The van der Waals surface area contributed by atoms with Crippen LogP contribution in [0.5, 0.6) is 0 Å². The first-order valence-corrected chi connectivity index (χ1v) is 6.93. The SMILES string of the molecule is O=C1NS(=O)(=O)c2cc(Br)cc3c2N1CC3. The second-order valence-electron chi connectivity index (χ2n) is 3.72. The minimum atomic E-state index is -3.70. The molecule has 0 radical (unpaired) electrons. The quantitative estimate of drug-likeness (QED) is 0.784. The Morgan fingerprint density at radius 3 is 2.88 bits per heavy atom. The summed E-state index contributed by atoms with van der Waals surface area (Å²) in [5, 5.41) is 0. The molecule has 1 aromatic rings. The Morgan fingerprint density at radius 1 is 1.38 bits per heavy atom. The van der Waals surface area contributed by atoms with Crippen LogP contribution in [0, 0.1) is 0 Å². The van der Waals surface area contributed by atoms with Crippen molar-refractivity contribution in [2.75, 3.05) is 11.4 Å². The highest BCUT2D eigenvalue weighted by Gasteiger charge is 2.38. The van der Waals surface area contributed by atoms with E-state index >= 15 is 0 Å². The maximum absolute atomic E-state index is 11.8. The Balaban J connectivity index is 2.40. The third-order valence-electron chi connectivity index (χ3n) is 2.75. The molecule has 84 valence electrons. The molecule has 0 atom stereocenters. The van der Waals surface area contributed by atoms with E-state index < -0.39 is 16.1 Å². The molecule has 0 aliphatic carbocycles. The lowest BCUT2D eigenvalue weighted by Gasteiger charge is -2.25. The average molecular weight is 303 g/mol. The summed E-state index contributed by atoms with van der Waals surface area (Å²) in [7, 11) is -3.70. The van der Waals surface area contributed by atoms with Crippen LogP contribution >= 0.6 is 15.9 Å². The first-order valence-electron chi connectivity index (χ1n) is 4.66. The van der Waals surface area contributed by atoms with Crippen molar-refractivity contribution < 1.29 is 13.2 Å². The number of carbonyl (C=O) groups excluding carboxylic acids is 1. The zero-order valence-corrected chi connectivity index (χ0v) is 10.4. The van der Waals surface area contributed by atoms with Gasteiger partial charge in [-0.05, 0) is 24.1 Å². The van der Waals surface area contributed by atoms with Gasteiger partial charge in [-0.1, -0.05) is 15.9 Å². The summed E-state index contributed by atoms with van der Waals surface area (Å²) in [6, 6.07) is 2.81. The topological polar surface area (TPSA) is 66.5 Å². The lowest BCUT2D eigenvalue weighted by molar-refractivity contribution is 0.251. The molecule has 3 rings (SSSR count). The van der Waals surface area contributed by atoms with Crippen LogP contribution in [0.15, 0.2) is 21.5 Å². The van der Waals surface area contributed by atoms with Crippen molar-refractivity contribution in [1.29, 1.82) is 0 Å². The molecule has 0 fully saturated rings. The molecule has 2 aliphatic heterocycles. The Kier molecular flexibility index (Phi) is 1.88. The number of hydrogen-bond donors (Lipinski definition) is 1. The molecule has 0 aromatic heterocycles. The molecule has 2 aliphatic rings. The zero-order chi connectivity index (χ0) is 11.5. The van der Waals surface area contributed by atoms with Crippen molar-refractivity contribution in [2.45, 2.75) is 11.3 Å². The van der Waals surface area contributed by atoms with E-state index in [9.17, 15) is 13.2 Å². The second-order valence-corrected chi connectivity index (χ2v) is 6.29. The smallest absolute Gasteiger partial charge is 0.292 e. The van der Waals surface area contributed by atoms with Gasteiger partial charge in [-0.15, -0.1) is 0 Å². The maximum atomic E-state index is 11.8. The number of anilines is 1.